The molecule has 0 bridgehead atoms. The topological polar surface area (TPSA) is 95.5 Å². The molecule has 1 aliphatic carbocycles. The molecule has 0 unspecified atom stereocenters. The molecule has 8 nitrogen and oxygen atoms in total. The van der Waals surface area contributed by atoms with Gasteiger partial charge in [-0.25, -0.2) is 4.79 Å². The van der Waals surface area contributed by atoms with Crippen LogP contribution in [0.3, 0.4) is 0 Å². The molecule has 1 heterocycles. The second-order valence-corrected chi connectivity index (χ2v) is 7.11. The highest BCUT2D eigenvalue weighted by atomic mass is 16.7. The van der Waals surface area contributed by atoms with Crippen molar-refractivity contribution in [3.05, 3.63) is 23.8 Å². The Balaban J connectivity index is 1.38. The van der Waals surface area contributed by atoms with Crippen LogP contribution < -0.4 is 14.8 Å². The van der Waals surface area contributed by atoms with E-state index in [9.17, 15) is 9.59 Å². The lowest BCUT2D eigenvalue weighted by Gasteiger charge is -2.29. The Kier molecular flexibility index (Phi) is 6.73. The van der Waals surface area contributed by atoms with Crippen molar-refractivity contribution in [1.29, 1.82) is 0 Å². The molecule has 0 aromatic heterocycles. The van der Waals surface area contributed by atoms with Crippen molar-refractivity contribution in [3.8, 4) is 11.5 Å². The number of nitrogens with one attached hydrogen (secondary N) is 1. The van der Waals surface area contributed by atoms with Crippen molar-refractivity contribution in [2.24, 2.45) is 11.1 Å². The molecule has 152 valence electrons. The van der Waals surface area contributed by atoms with Gasteiger partial charge in [0.25, 0.3) is 5.91 Å². The standard InChI is InChI=1S/C20H26N2O6/c1-13-5-3-4-6-16(13)21-19(23)10-25-20(24)11-28-22-14(2)15-7-8-17-18(9-15)27-12-26-17/h7-9,13,16H,3-6,10-12H2,1-2H3,(H,21,23)/b22-14-/t13-,16-/m0/s1. The molecule has 1 fully saturated rings. The monoisotopic (exact) mass is 390 g/mol. The molecule has 1 saturated carbocycles. The fourth-order valence-corrected chi connectivity index (χ4v) is 3.32. The van der Waals surface area contributed by atoms with Crippen LogP contribution in [0.2, 0.25) is 0 Å². The van der Waals surface area contributed by atoms with Crippen LogP contribution in [0.5, 0.6) is 11.5 Å². The first-order chi connectivity index (χ1) is 13.5. The zero-order valence-electron chi connectivity index (χ0n) is 16.2. The smallest absolute Gasteiger partial charge is 0.347 e. The van der Waals surface area contributed by atoms with Gasteiger partial charge in [-0.15, -0.1) is 0 Å². The SMILES string of the molecule is C/C(=N/OCC(=O)OCC(=O)N[C@H]1CCCC[C@@H]1C)c1ccc2c(c1)OCO2. The summed E-state index contributed by atoms with van der Waals surface area (Å²) in [6.45, 7) is 3.40. The van der Waals surface area contributed by atoms with Crippen molar-refractivity contribution in [1.82, 2.24) is 5.32 Å². The fourth-order valence-electron chi connectivity index (χ4n) is 3.32. The van der Waals surface area contributed by atoms with E-state index in [1.807, 2.05) is 6.07 Å². The minimum Gasteiger partial charge on any atom is -0.454 e. The second-order valence-electron chi connectivity index (χ2n) is 7.11. The number of carbonyl (C=O) groups excluding carboxylic acids is 2. The van der Waals surface area contributed by atoms with Gasteiger partial charge >= 0.3 is 5.97 Å². The van der Waals surface area contributed by atoms with E-state index in [-0.39, 0.29) is 32.0 Å². The number of amides is 1. The quantitative estimate of drug-likeness (QED) is 0.436. The Morgan fingerprint density at radius 3 is 2.79 bits per heavy atom. The summed E-state index contributed by atoms with van der Waals surface area (Å²) in [6.07, 6.45) is 4.40. The molecular formula is C20H26N2O6. The molecule has 3 rings (SSSR count). The lowest BCUT2D eigenvalue weighted by atomic mass is 9.86. The molecule has 0 spiro atoms. The van der Waals surface area contributed by atoms with Gasteiger partial charge in [0, 0.05) is 11.6 Å². The number of rotatable bonds is 7. The van der Waals surface area contributed by atoms with E-state index in [4.69, 9.17) is 19.0 Å². The zero-order valence-corrected chi connectivity index (χ0v) is 16.2. The summed E-state index contributed by atoms with van der Waals surface area (Å²) in [7, 11) is 0. The van der Waals surface area contributed by atoms with Crippen molar-refractivity contribution in [2.75, 3.05) is 20.0 Å². The number of carbonyl (C=O) groups is 2. The highest BCUT2D eigenvalue weighted by Gasteiger charge is 2.23. The molecule has 1 N–H and O–H groups in total. The Hall–Kier alpha value is -2.77. The van der Waals surface area contributed by atoms with Crippen LogP contribution in [0, 0.1) is 5.92 Å². The fraction of sp³-hybridized carbons (Fsp3) is 0.550. The maximum atomic E-state index is 11.9. The molecule has 0 radical (unpaired) electrons. The van der Waals surface area contributed by atoms with Gasteiger partial charge in [-0.1, -0.05) is 24.9 Å². The minimum absolute atomic E-state index is 0.158. The maximum absolute atomic E-state index is 11.9. The predicted octanol–water partition coefficient (Wildman–Crippen LogP) is 2.39. The van der Waals surface area contributed by atoms with E-state index in [0.717, 1.165) is 24.8 Å². The second kappa shape index (κ2) is 9.43. The summed E-state index contributed by atoms with van der Waals surface area (Å²) in [5.41, 5.74) is 1.37. The predicted molar refractivity (Wildman–Crippen MR) is 101 cm³/mol. The number of hydrogen-bond acceptors (Lipinski definition) is 7. The van der Waals surface area contributed by atoms with E-state index < -0.39 is 5.97 Å². The molecular weight excluding hydrogens is 364 g/mol. The molecule has 28 heavy (non-hydrogen) atoms. The molecule has 1 aromatic carbocycles. The summed E-state index contributed by atoms with van der Waals surface area (Å²) in [6, 6.07) is 5.56. The first-order valence-corrected chi connectivity index (χ1v) is 9.54. The number of benzene rings is 1. The third-order valence-electron chi connectivity index (χ3n) is 5.00. The lowest BCUT2D eigenvalue weighted by Crippen LogP contribution is -2.43. The number of fused-ring (bicyclic) bond motifs is 1. The third-order valence-corrected chi connectivity index (χ3v) is 5.00. The van der Waals surface area contributed by atoms with Gasteiger partial charge in [-0.2, -0.15) is 0 Å². The molecule has 8 heteroatoms. The molecule has 1 amide bonds. The number of ether oxygens (including phenoxy) is 3. The van der Waals surface area contributed by atoms with Gasteiger partial charge < -0.3 is 24.4 Å². The van der Waals surface area contributed by atoms with E-state index in [1.54, 1.807) is 19.1 Å². The molecule has 1 aliphatic heterocycles. The van der Waals surface area contributed by atoms with Crippen LogP contribution in [0.1, 0.15) is 45.1 Å². The Bertz CT molecular complexity index is 748. The maximum Gasteiger partial charge on any atom is 0.347 e. The van der Waals surface area contributed by atoms with E-state index in [0.29, 0.717) is 23.1 Å². The third kappa shape index (κ3) is 5.37. The Morgan fingerprint density at radius 2 is 1.96 bits per heavy atom. The van der Waals surface area contributed by atoms with Crippen LogP contribution in [-0.2, 0) is 19.2 Å². The zero-order chi connectivity index (χ0) is 19.9. The Labute approximate surface area is 164 Å². The van der Waals surface area contributed by atoms with Gasteiger partial charge in [0.05, 0.1) is 5.71 Å². The number of esters is 1. The van der Waals surface area contributed by atoms with Crippen LogP contribution in [-0.4, -0.2) is 43.6 Å². The average Bonchev–Trinajstić information content (AvgIpc) is 3.16. The molecule has 0 saturated heterocycles. The van der Waals surface area contributed by atoms with Crippen molar-refractivity contribution < 1.29 is 28.6 Å². The molecule has 2 aliphatic rings. The summed E-state index contributed by atoms with van der Waals surface area (Å²) >= 11 is 0. The lowest BCUT2D eigenvalue weighted by molar-refractivity contribution is -0.153. The number of oxime groups is 1. The number of hydrogen-bond donors (Lipinski definition) is 1. The van der Waals surface area contributed by atoms with E-state index >= 15 is 0 Å². The summed E-state index contributed by atoms with van der Waals surface area (Å²) in [5, 5.41) is 6.84. The normalized spacial score (nSPS) is 21.1. The van der Waals surface area contributed by atoms with Crippen LogP contribution in [0.25, 0.3) is 0 Å². The van der Waals surface area contributed by atoms with Crippen LogP contribution in [0.4, 0.5) is 0 Å². The van der Waals surface area contributed by atoms with Gasteiger partial charge in [0.2, 0.25) is 13.4 Å². The minimum atomic E-state index is -0.644. The van der Waals surface area contributed by atoms with Crippen molar-refractivity contribution in [3.63, 3.8) is 0 Å². The van der Waals surface area contributed by atoms with Gasteiger partial charge in [-0.05, 0) is 43.9 Å². The summed E-state index contributed by atoms with van der Waals surface area (Å²) in [4.78, 5) is 28.7. The van der Waals surface area contributed by atoms with Gasteiger partial charge in [0.1, 0.15) is 0 Å². The number of nitrogens with zero attached hydrogens (tertiary/aromatic N) is 1. The van der Waals surface area contributed by atoms with Crippen LogP contribution >= 0.6 is 0 Å². The average molecular weight is 390 g/mol. The molecule has 1 aromatic rings. The van der Waals surface area contributed by atoms with Crippen molar-refractivity contribution in [2.45, 2.75) is 45.6 Å². The van der Waals surface area contributed by atoms with Crippen LogP contribution in [0.15, 0.2) is 23.4 Å². The van der Waals surface area contributed by atoms with E-state index in [1.165, 1.54) is 6.42 Å². The van der Waals surface area contributed by atoms with Gasteiger partial charge in [0.15, 0.2) is 18.1 Å². The largest absolute Gasteiger partial charge is 0.454 e. The summed E-state index contributed by atoms with van der Waals surface area (Å²) in [5.74, 6) is 0.846. The van der Waals surface area contributed by atoms with Gasteiger partial charge in [-0.3, -0.25) is 4.79 Å². The van der Waals surface area contributed by atoms with Crippen molar-refractivity contribution >= 4 is 17.6 Å². The highest BCUT2D eigenvalue weighted by Crippen LogP contribution is 2.32. The highest BCUT2D eigenvalue weighted by molar-refractivity contribution is 5.99. The van der Waals surface area contributed by atoms with E-state index in [2.05, 4.69) is 17.4 Å². The molecule has 2 atom stereocenters. The first kappa shape index (κ1) is 20.0. The Morgan fingerprint density at radius 1 is 1.18 bits per heavy atom. The first-order valence-electron chi connectivity index (χ1n) is 9.54. The summed E-state index contributed by atoms with van der Waals surface area (Å²) < 4.78 is 15.5.